The highest BCUT2D eigenvalue weighted by Gasteiger charge is 2.26. The summed E-state index contributed by atoms with van der Waals surface area (Å²) in [5.74, 6) is 0. The van der Waals surface area contributed by atoms with Crippen LogP contribution in [-0.2, 0) is 14.8 Å². The predicted molar refractivity (Wildman–Crippen MR) is 74.7 cm³/mol. The van der Waals surface area contributed by atoms with E-state index in [4.69, 9.17) is 21.4 Å². The third-order valence-electron chi connectivity index (χ3n) is 2.11. The molecule has 1 N–H and O–H groups in total. The van der Waals surface area contributed by atoms with Gasteiger partial charge in [0.1, 0.15) is 4.21 Å². The molecule has 5 nitrogen and oxygen atoms in total. The van der Waals surface area contributed by atoms with Crippen molar-refractivity contribution in [1.82, 2.24) is 4.31 Å². The van der Waals surface area contributed by atoms with E-state index in [-0.39, 0.29) is 30.5 Å². The van der Waals surface area contributed by atoms with E-state index in [1.54, 1.807) is 0 Å². The van der Waals surface area contributed by atoms with Crippen molar-refractivity contribution in [2.75, 3.05) is 33.4 Å². The van der Waals surface area contributed by atoms with Gasteiger partial charge in [-0.15, -0.1) is 11.3 Å². The Morgan fingerprint density at radius 2 is 2.22 bits per heavy atom. The molecule has 0 aliphatic carbocycles. The second-order valence-corrected chi connectivity index (χ2v) is 8.25. The Morgan fingerprint density at radius 1 is 1.56 bits per heavy atom. The van der Waals surface area contributed by atoms with Gasteiger partial charge in [0, 0.05) is 20.2 Å². The number of halogens is 2. The molecule has 18 heavy (non-hydrogen) atoms. The van der Waals surface area contributed by atoms with E-state index in [9.17, 15) is 8.42 Å². The maximum Gasteiger partial charge on any atom is 0.252 e. The van der Waals surface area contributed by atoms with Gasteiger partial charge in [-0.3, -0.25) is 0 Å². The molecule has 1 heterocycles. The Labute approximate surface area is 123 Å². The van der Waals surface area contributed by atoms with Crippen LogP contribution in [0.5, 0.6) is 0 Å². The molecule has 0 saturated heterocycles. The predicted octanol–water partition coefficient (Wildman–Crippen LogP) is 1.79. The lowest BCUT2D eigenvalue weighted by molar-refractivity contribution is 0.169. The van der Waals surface area contributed by atoms with E-state index in [2.05, 4.69) is 15.9 Å². The van der Waals surface area contributed by atoms with E-state index >= 15 is 0 Å². The molecule has 0 radical (unpaired) electrons. The highest BCUT2D eigenvalue weighted by Crippen LogP contribution is 2.35. The lowest BCUT2D eigenvalue weighted by Gasteiger charge is -2.19. The number of sulfonamides is 1. The number of nitrogens with zero attached hydrogens (tertiary/aromatic N) is 1. The Balaban J connectivity index is 3.00. The van der Waals surface area contributed by atoms with Crippen LogP contribution in [-0.4, -0.2) is 51.2 Å². The molecule has 0 aromatic carbocycles. The summed E-state index contributed by atoms with van der Waals surface area (Å²) < 4.78 is 31.3. The van der Waals surface area contributed by atoms with Crippen LogP contribution in [0.3, 0.4) is 0 Å². The molecule has 0 atom stereocenters. The number of aliphatic hydroxyl groups is 1. The number of methoxy groups -OCH3 is 1. The van der Waals surface area contributed by atoms with Crippen molar-refractivity contribution in [2.45, 2.75) is 4.21 Å². The molecule has 104 valence electrons. The lowest BCUT2D eigenvalue weighted by Crippen LogP contribution is -2.35. The van der Waals surface area contributed by atoms with Crippen LogP contribution in [0.4, 0.5) is 0 Å². The summed E-state index contributed by atoms with van der Waals surface area (Å²) in [6, 6.07) is 1.39. The van der Waals surface area contributed by atoms with Crippen molar-refractivity contribution >= 4 is 48.9 Å². The van der Waals surface area contributed by atoms with Crippen molar-refractivity contribution in [3.63, 3.8) is 0 Å². The zero-order chi connectivity index (χ0) is 13.8. The van der Waals surface area contributed by atoms with Gasteiger partial charge in [0.05, 0.1) is 22.0 Å². The average molecular weight is 379 g/mol. The molecule has 0 aliphatic rings. The van der Waals surface area contributed by atoms with Crippen LogP contribution in [0.2, 0.25) is 5.02 Å². The van der Waals surface area contributed by atoms with E-state index in [1.165, 1.54) is 17.5 Å². The van der Waals surface area contributed by atoms with Gasteiger partial charge in [-0.05, 0) is 22.0 Å². The topological polar surface area (TPSA) is 66.8 Å². The number of hydrogen-bond donors (Lipinski definition) is 1. The first-order valence-electron chi connectivity index (χ1n) is 4.98. The van der Waals surface area contributed by atoms with E-state index in [0.29, 0.717) is 8.81 Å². The normalized spacial score (nSPS) is 12.3. The number of rotatable bonds is 7. The zero-order valence-corrected chi connectivity index (χ0v) is 13.6. The average Bonchev–Trinajstić information content (AvgIpc) is 2.65. The van der Waals surface area contributed by atoms with Gasteiger partial charge in [-0.1, -0.05) is 11.6 Å². The molecule has 1 aromatic heterocycles. The molecule has 0 unspecified atom stereocenters. The van der Waals surface area contributed by atoms with Crippen molar-refractivity contribution in [3.8, 4) is 0 Å². The van der Waals surface area contributed by atoms with E-state index in [1.807, 2.05) is 0 Å². The molecule has 1 aromatic rings. The second-order valence-electron chi connectivity index (χ2n) is 3.31. The quantitative estimate of drug-likeness (QED) is 0.785. The maximum atomic E-state index is 12.3. The monoisotopic (exact) mass is 377 g/mol. The van der Waals surface area contributed by atoms with Crippen LogP contribution in [0, 0.1) is 0 Å². The van der Waals surface area contributed by atoms with Gasteiger partial charge in [0.2, 0.25) is 0 Å². The second kappa shape index (κ2) is 7.18. The Morgan fingerprint density at radius 3 is 2.67 bits per heavy atom. The highest BCUT2D eigenvalue weighted by atomic mass is 79.9. The largest absolute Gasteiger partial charge is 0.395 e. The summed E-state index contributed by atoms with van der Waals surface area (Å²) in [6.45, 7) is 0.230. The molecule has 0 amide bonds. The van der Waals surface area contributed by atoms with Crippen LogP contribution in [0.25, 0.3) is 0 Å². The molecule has 0 saturated carbocycles. The van der Waals surface area contributed by atoms with Gasteiger partial charge in [-0.25, -0.2) is 8.42 Å². The van der Waals surface area contributed by atoms with Crippen LogP contribution < -0.4 is 0 Å². The fourth-order valence-electron chi connectivity index (χ4n) is 1.24. The minimum absolute atomic E-state index is 0.0266. The smallest absolute Gasteiger partial charge is 0.252 e. The maximum absolute atomic E-state index is 12.3. The van der Waals surface area contributed by atoms with Gasteiger partial charge in [0.25, 0.3) is 10.0 Å². The standard InChI is InChI=1S/C9H13BrClNO4S2/c1-16-5-3-12(2-4-13)18(14,15)8-6-7(11)9(10)17-8/h6,13H,2-5H2,1H3. The van der Waals surface area contributed by atoms with E-state index < -0.39 is 10.0 Å². The van der Waals surface area contributed by atoms with Gasteiger partial charge >= 0.3 is 0 Å². The molecule has 0 aliphatic heterocycles. The first kappa shape index (κ1) is 16.4. The lowest BCUT2D eigenvalue weighted by atomic mass is 10.6. The summed E-state index contributed by atoms with van der Waals surface area (Å²) in [7, 11) is -2.15. The zero-order valence-electron chi connectivity index (χ0n) is 9.60. The summed E-state index contributed by atoms with van der Waals surface area (Å²) in [4.78, 5) is 0. The molecule has 0 bridgehead atoms. The molecular weight excluding hydrogens is 366 g/mol. The first-order valence-corrected chi connectivity index (χ1v) is 8.41. The molecule has 1 rings (SSSR count). The fraction of sp³-hybridized carbons (Fsp3) is 0.556. The third-order valence-corrected chi connectivity index (χ3v) is 6.93. The van der Waals surface area contributed by atoms with E-state index in [0.717, 1.165) is 11.3 Å². The van der Waals surface area contributed by atoms with Crippen molar-refractivity contribution < 1.29 is 18.3 Å². The molecular formula is C9H13BrClNO4S2. The van der Waals surface area contributed by atoms with Gasteiger partial charge in [0.15, 0.2) is 0 Å². The Bertz CT molecular complexity index is 471. The number of ether oxygens (including phenoxy) is 1. The van der Waals surface area contributed by atoms with Crippen LogP contribution >= 0.6 is 38.9 Å². The molecule has 0 fully saturated rings. The summed E-state index contributed by atoms with van der Waals surface area (Å²) in [5, 5.41) is 9.28. The summed E-state index contributed by atoms with van der Waals surface area (Å²) >= 11 is 10.0. The Kier molecular flexibility index (Phi) is 6.52. The van der Waals surface area contributed by atoms with Crippen LogP contribution in [0.15, 0.2) is 14.1 Å². The Hall–Kier alpha value is 0.300. The molecule has 0 spiro atoms. The highest BCUT2D eigenvalue weighted by molar-refractivity contribution is 9.11. The minimum Gasteiger partial charge on any atom is -0.395 e. The number of hydrogen-bond acceptors (Lipinski definition) is 5. The van der Waals surface area contributed by atoms with Crippen molar-refractivity contribution in [3.05, 3.63) is 14.9 Å². The first-order chi connectivity index (χ1) is 8.43. The van der Waals surface area contributed by atoms with Crippen molar-refractivity contribution in [1.29, 1.82) is 0 Å². The summed E-state index contributed by atoms with van der Waals surface area (Å²) in [5.41, 5.74) is 0. The van der Waals surface area contributed by atoms with Gasteiger partial charge < -0.3 is 9.84 Å². The fourth-order valence-corrected chi connectivity index (χ4v) is 5.21. The van der Waals surface area contributed by atoms with Crippen molar-refractivity contribution in [2.24, 2.45) is 0 Å². The third kappa shape index (κ3) is 3.89. The van der Waals surface area contributed by atoms with Gasteiger partial charge in [-0.2, -0.15) is 4.31 Å². The SMILES string of the molecule is COCCN(CCO)S(=O)(=O)c1cc(Cl)c(Br)s1. The summed E-state index contributed by atoms with van der Waals surface area (Å²) in [6.07, 6.45) is 0. The molecule has 9 heteroatoms. The van der Waals surface area contributed by atoms with Crippen LogP contribution in [0.1, 0.15) is 0 Å². The minimum atomic E-state index is -3.64. The number of aliphatic hydroxyl groups excluding tert-OH is 1. The number of thiophene rings is 1.